The number of aryl methyl sites for hydroxylation is 2. The quantitative estimate of drug-likeness (QED) is 0.905. The Morgan fingerprint density at radius 2 is 2.10 bits per heavy atom. The van der Waals surface area contributed by atoms with Crippen LogP contribution in [-0.4, -0.2) is 39.9 Å². The number of piperazine rings is 1. The lowest BCUT2D eigenvalue weighted by molar-refractivity contribution is 0.0701. The molecule has 120 valence electrons. The fraction of sp³-hybridized carbons (Fsp3) is 0.824. The summed E-state index contributed by atoms with van der Waals surface area (Å²) in [7, 11) is 2.06. The Kier molecular flexibility index (Phi) is 5.44. The van der Waals surface area contributed by atoms with E-state index in [1.807, 2.05) is 4.68 Å². The average molecular weight is 292 g/mol. The van der Waals surface area contributed by atoms with E-state index in [0.29, 0.717) is 18.0 Å². The summed E-state index contributed by atoms with van der Waals surface area (Å²) in [5, 5.41) is 8.25. The van der Waals surface area contributed by atoms with Crippen LogP contribution in [0.2, 0.25) is 0 Å². The molecule has 1 aromatic rings. The van der Waals surface area contributed by atoms with Crippen molar-refractivity contribution in [1.82, 2.24) is 20.0 Å². The fourth-order valence-corrected chi connectivity index (χ4v) is 3.34. The number of hydrogen-bond acceptors (Lipinski definition) is 3. The highest BCUT2D eigenvalue weighted by Crippen LogP contribution is 2.22. The van der Waals surface area contributed by atoms with Crippen LogP contribution in [0.25, 0.3) is 0 Å². The van der Waals surface area contributed by atoms with E-state index in [1.54, 1.807) is 0 Å². The van der Waals surface area contributed by atoms with Gasteiger partial charge in [0, 0.05) is 38.8 Å². The maximum atomic E-state index is 4.50. The van der Waals surface area contributed by atoms with Gasteiger partial charge in [-0.15, -0.1) is 0 Å². The Hall–Kier alpha value is -0.870. The molecule has 0 spiro atoms. The van der Waals surface area contributed by atoms with Crippen molar-refractivity contribution in [2.24, 2.45) is 18.9 Å². The molecule has 1 fully saturated rings. The Morgan fingerprint density at radius 1 is 1.38 bits per heavy atom. The highest BCUT2D eigenvalue weighted by Gasteiger charge is 2.32. The van der Waals surface area contributed by atoms with E-state index < -0.39 is 0 Å². The molecular weight excluding hydrogens is 260 g/mol. The third-order valence-corrected chi connectivity index (χ3v) is 5.06. The largest absolute Gasteiger partial charge is 0.311 e. The molecule has 21 heavy (non-hydrogen) atoms. The van der Waals surface area contributed by atoms with Crippen molar-refractivity contribution in [1.29, 1.82) is 0 Å². The van der Waals surface area contributed by atoms with Crippen molar-refractivity contribution in [2.75, 3.05) is 13.1 Å². The lowest BCUT2D eigenvalue weighted by Gasteiger charge is -2.44. The van der Waals surface area contributed by atoms with Crippen LogP contribution in [0.4, 0.5) is 0 Å². The predicted octanol–water partition coefficient (Wildman–Crippen LogP) is 2.57. The van der Waals surface area contributed by atoms with Gasteiger partial charge >= 0.3 is 0 Å². The first kappa shape index (κ1) is 16.5. The van der Waals surface area contributed by atoms with Crippen LogP contribution < -0.4 is 5.32 Å². The summed E-state index contributed by atoms with van der Waals surface area (Å²) in [6, 6.07) is 3.44. The van der Waals surface area contributed by atoms with Gasteiger partial charge in [-0.25, -0.2) is 0 Å². The molecule has 0 amide bonds. The lowest BCUT2D eigenvalue weighted by Crippen LogP contribution is -2.59. The molecule has 1 N–H and O–H groups in total. The highest BCUT2D eigenvalue weighted by molar-refractivity contribution is 5.09. The van der Waals surface area contributed by atoms with Gasteiger partial charge in [-0.1, -0.05) is 34.1 Å². The zero-order chi connectivity index (χ0) is 15.6. The second-order valence-corrected chi connectivity index (χ2v) is 7.04. The molecule has 0 aliphatic carbocycles. The van der Waals surface area contributed by atoms with Crippen molar-refractivity contribution in [3.05, 3.63) is 17.5 Å². The summed E-state index contributed by atoms with van der Waals surface area (Å²) in [4.78, 5) is 2.67. The minimum absolute atomic E-state index is 0.597. The second kappa shape index (κ2) is 6.93. The third kappa shape index (κ3) is 3.86. The summed E-state index contributed by atoms with van der Waals surface area (Å²) in [6.07, 6.45) is 1.24. The van der Waals surface area contributed by atoms with Gasteiger partial charge in [-0.05, 0) is 24.8 Å². The molecule has 1 aliphatic rings. The molecule has 0 aromatic carbocycles. The van der Waals surface area contributed by atoms with Gasteiger partial charge in [0.25, 0.3) is 0 Å². The molecular formula is C17H32N4. The number of nitrogens with one attached hydrogen (secondary N) is 1. The van der Waals surface area contributed by atoms with E-state index in [9.17, 15) is 0 Å². The van der Waals surface area contributed by atoms with Crippen molar-refractivity contribution in [2.45, 2.75) is 59.7 Å². The Labute approximate surface area is 129 Å². The summed E-state index contributed by atoms with van der Waals surface area (Å²) in [5.74, 6) is 1.40. The van der Waals surface area contributed by atoms with E-state index in [2.05, 4.69) is 63.0 Å². The van der Waals surface area contributed by atoms with Crippen LogP contribution in [0.1, 0.15) is 45.5 Å². The predicted molar refractivity (Wildman–Crippen MR) is 88.2 cm³/mol. The molecule has 0 bridgehead atoms. The normalized spacial score (nSPS) is 25.5. The maximum Gasteiger partial charge on any atom is 0.0597 e. The van der Waals surface area contributed by atoms with Gasteiger partial charge in [0.05, 0.1) is 11.4 Å². The average Bonchev–Trinajstić information content (AvgIpc) is 2.76. The van der Waals surface area contributed by atoms with Crippen molar-refractivity contribution in [3.8, 4) is 0 Å². The van der Waals surface area contributed by atoms with Gasteiger partial charge in [0.15, 0.2) is 0 Å². The Bertz CT molecular complexity index is 452. The molecule has 1 aliphatic heterocycles. The molecule has 1 saturated heterocycles. The van der Waals surface area contributed by atoms with Crippen LogP contribution in [0.3, 0.4) is 0 Å². The van der Waals surface area contributed by atoms with Crippen LogP contribution in [-0.2, 0) is 13.6 Å². The molecule has 0 radical (unpaired) electrons. The number of nitrogens with zero attached hydrogens (tertiary/aromatic N) is 3. The summed E-state index contributed by atoms with van der Waals surface area (Å²) >= 11 is 0. The Balaban J connectivity index is 2.14. The molecule has 2 heterocycles. The van der Waals surface area contributed by atoms with Gasteiger partial charge in [0.1, 0.15) is 0 Å². The van der Waals surface area contributed by atoms with Crippen molar-refractivity contribution >= 4 is 0 Å². The molecule has 3 unspecified atom stereocenters. The number of hydrogen-bond donors (Lipinski definition) is 1. The van der Waals surface area contributed by atoms with E-state index in [4.69, 9.17) is 0 Å². The topological polar surface area (TPSA) is 33.1 Å². The third-order valence-electron chi connectivity index (χ3n) is 5.06. The van der Waals surface area contributed by atoms with Gasteiger partial charge in [-0.3, -0.25) is 9.58 Å². The number of rotatable bonds is 5. The van der Waals surface area contributed by atoms with Crippen LogP contribution in [0, 0.1) is 18.8 Å². The standard InChI is InChI=1S/C17H32N4/c1-7-13(4)17-9-18-16(12(2)3)11-21(17)10-15-8-14(5)19-20(15)6/h8,12-13,16-18H,7,9-11H2,1-6H3. The number of aromatic nitrogens is 2. The second-order valence-electron chi connectivity index (χ2n) is 7.04. The fourth-order valence-electron chi connectivity index (χ4n) is 3.34. The molecule has 4 nitrogen and oxygen atoms in total. The van der Waals surface area contributed by atoms with Crippen molar-refractivity contribution < 1.29 is 0 Å². The summed E-state index contributed by atoms with van der Waals surface area (Å²) in [6.45, 7) is 14.6. The first-order valence-corrected chi connectivity index (χ1v) is 8.39. The van der Waals surface area contributed by atoms with Gasteiger partial charge < -0.3 is 5.32 Å². The molecule has 1 aromatic heterocycles. The van der Waals surface area contributed by atoms with E-state index in [1.165, 1.54) is 12.1 Å². The SMILES string of the molecule is CCC(C)C1CNC(C(C)C)CN1Cc1cc(C)nn1C. The zero-order valence-corrected chi connectivity index (χ0v) is 14.6. The van der Waals surface area contributed by atoms with E-state index >= 15 is 0 Å². The summed E-state index contributed by atoms with van der Waals surface area (Å²) in [5.41, 5.74) is 2.44. The lowest BCUT2D eigenvalue weighted by atomic mass is 9.91. The van der Waals surface area contributed by atoms with Crippen LogP contribution in [0.15, 0.2) is 6.07 Å². The van der Waals surface area contributed by atoms with E-state index in [0.717, 1.165) is 31.2 Å². The zero-order valence-electron chi connectivity index (χ0n) is 14.6. The van der Waals surface area contributed by atoms with Crippen LogP contribution in [0.5, 0.6) is 0 Å². The highest BCUT2D eigenvalue weighted by atomic mass is 15.3. The van der Waals surface area contributed by atoms with Crippen LogP contribution >= 0.6 is 0 Å². The summed E-state index contributed by atoms with van der Waals surface area (Å²) < 4.78 is 2.04. The van der Waals surface area contributed by atoms with E-state index in [-0.39, 0.29) is 0 Å². The van der Waals surface area contributed by atoms with Crippen molar-refractivity contribution in [3.63, 3.8) is 0 Å². The first-order valence-electron chi connectivity index (χ1n) is 8.39. The molecule has 2 rings (SSSR count). The Morgan fingerprint density at radius 3 is 2.62 bits per heavy atom. The molecule has 0 saturated carbocycles. The first-order chi connectivity index (χ1) is 9.92. The molecule has 3 atom stereocenters. The smallest absolute Gasteiger partial charge is 0.0597 e. The van der Waals surface area contributed by atoms with Gasteiger partial charge in [0.2, 0.25) is 0 Å². The minimum Gasteiger partial charge on any atom is -0.311 e. The monoisotopic (exact) mass is 292 g/mol. The maximum absolute atomic E-state index is 4.50. The molecule has 4 heteroatoms. The minimum atomic E-state index is 0.597. The van der Waals surface area contributed by atoms with Gasteiger partial charge in [-0.2, -0.15) is 5.10 Å².